The molecule has 0 saturated carbocycles. The number of carbonyl (C=O) groups excluding carboxylic acids is 1. The predicted octanol–water partition coefficient (Wildman–Crippen LogP) is 2.26. The Labute approximate surface area is 121 Å². The largest absolute Gasteiger partial charge is 0.508 e. The number of carboxylic acid groups (broad SMARTS) is 1. The van der Waals surface area contributed by atoms with E-state index in [4.69, 9.17) is 0 Å². The molecule has 5 nitrogen and oxygen atoms in total. The fraction of sp³-hybridized carbons (Fsp3) is 0.125. The monoisotopic (exact) mass is 285 g/mol. The average molecular weight is 285 g/mol. The molecule has 2 aromatic rings. The summed E-state index contributed by atoms with van der Waals surface area (Å²) in [5.74, 6) is -1.69. The Morgan fingerprint density at radius 3 is 2.33 bits per heavy atom. The molecule has 108 valence electrons. The van der Waals surface area contributed by atoms with E-state index in [9.17, 15) is 19.8 Å². The second-order valence-corrected chi connectivity index (χ2v) is 4.61. The molecule has 1 amide bonds. The maximum atomic E-state index is 12.2. The first-order chi connectivity index (χ1) is 10.0. The number of phenolic OH excluding ortho intramolecular Hbond substituents is 1. The van der Waals surface area contributed by atoms with E-state index in [1.165, 1.54) is 18.2 Å². The fourth-order valence-electron chi connectivity index (χ4n) is 2.01. The van der Waals surface area contributed by atoms with E-state index in [1.807, 2.05) is 0 Å². The molecule has 0 fully saturated rings. The summed E-state index contributed by atoms with van der Waals surface area (Å²) >= 11 is 0. The van der Waals surface area contributed by atoms with E-state index < -0.39 is 17.9 Å². The van der Waals surface area contributed by atoms with Gasteiger partial charge in [-0.1, -0.05) is 36.4 Å². The molecule has 0 aliphatic carbocycles. The van der Waals surface area contributed by atoms with Gasteiger partial charge in [0.15, 0.2) is 6.04 Å². The van der Waals surface area contributed by atoms with Crippen LogP contribution in [0.5, 0.6) is 5.75 Å². The Morgan fingerprint density at radius 1 is 1.05 bits per heavy atom. The van der Waals surface area contributed by atoms with Gasteiger partial charge in [0.25, 0.3) is 5.91 Å². The molecule has 21 heavy (non-hydrogen) atoms. The summed E-state index contributed by atoms with van der Waals surface area (Å²) in [6, 6.07) is 11.8. The highest BCUT2D eigenvalue weighted by molar-refractivity contribution is 5.98. The predicted molar refractivity (Wildman–Crippen MR) is 77.1 cm³/mol. The van der Waals surface area contributed by atoms with Crippen molar-refractivity contribution in [1.82, 2.24) is 5.32 Å². The summed E-state index contributed by atoms with van der Waals surface area (Å²) in [7, 11) is 0. The lowest BCUT2D eigenvalue weighted by atomic mass is 10.0. The molecule has 0 saturated heterocycles. The number of nitrogens with one attached hydrogen (secondary N) is 1. The third kappa shape index (κ3) is 3.20. The van der Waals surface area contributed by atoms with Crippen molar-refractivity contribution in [3.05, 3.63) is 65.2 Å². The van der Waals surface area contributed by atoms with E-state index in [2.05, 4.69) is 5.32 Å². The molecule has 5 heteroatoms. The maximum absolute atomic E-state index is 12.2. The van der Waals surface area contributed by atoms with Crippen molar-refractivity contribution in [2.24, 2.45) is 0 Å². The van der Waals surface area contributed by atoms with E-state index in [-0.39, 0.29) is 11.3 Å². The van der Waals surface area contributed by atoms with Gasteiger partial charge >= 0.3 is 5.97 Å². The summed E-state index contributed by atoms with van der Waals surface area (Å²) in [4.78, 5) is 23.6. The quantitative estimate of drug-likeness (QED) is 0.804. The third-order valence-electron chi connectivity index (χ3n) is 3.21. The smallest absolute Gasteiger partial charge is 0.330 e. The normalized spacial score (nSPS) is 11.7. The van der Waals surface area contributed by atoms with Crippen LogP contribution in [0.1, 0.15) is 27.5 Å². The van der Waals surface area contributed by atoms with E-state index >= 15 is 0 Å². The summed E-state index contributed by atoms with van der Waals surface area (Å²) in [6.07, 6.45) is 0. The van der Waals surface area contributed by atoms with Gasteiger partial charge in [-0.2, -0.15) is 0 Å². The van der Waals surface area contributed by atoms with Crippen molar-refractivity contribution in [3.8, 4) is 5.75 Å². The van der Waals surface area contributed by atoms with Crippen molar-refractivity contribution in [2.45, 2.75) is 13.0 Å². The lowest BCUT2D eigenvalue weighted by Crippen LogP contribution is -2.34. The zero-order valence-corrected chi connectivity index (χ0v) is 11.4. The topological polar surface area (TPSA) is 86.6 Å². The standard InChI is InChI=1S/C16H15NO4/c1-10-12(8-5-9-13(10)18)15(19)17-14(16(20)21)11-6-3-2-4-7-11/h2-9,14,18H,1H3,(H,17,19)(H,20,21)/t14-/m0/s1. The number of rotatable bonds is 4. The van der Waals surface area contributed by atoms with Gasteiger partial charge in [0, 0.05) is 11.1 Å². The Kier molecular flexibility index (Phi) is 4.23. The highest BCUT2D eigenvalue weighted by atomic mass is 16.4. The second-order valence-electron chi connectivity index (χ2n) is 4.61. The summed E-state index contributed by atoms with van der Waals surface area (Å²) in [6.45, 7) is 1.60. The molecule has 0 bridgehead atoms. The Morgan fingerprint density at radius 2 is 1.71 bits per heavy atom. The first kappa shape index (κ1) is 14.6. The van der Waals surface area contributed by atoms with Gasteiger partial charge in [-0.3, -0.25) is 4.79 Å². The second kappa shape index (κ2) is 6.09. The number of hydrogen-bond donors (Lipinski definition) is 3. The van der Waals surface area contributed by atoms with Crippen LogP contribution in [0.3, 0.4) is 0 Å². The number of phenols is 1. The minimum atomic E-state index is -1.15. The zero-order chi connectivity index (χ0) is 15.4. The number of carboxylic acids is 1. The third-order valence-corrected chi connectivity index (χ3v) is 3.21. The van der Waals surface area contributed by atoms with Crippen molar-refractivity contribution in [1.29, 1.82) is 0 Å². The van der Waals surface area contributed by atoms with Crippen molar-refractivity contribution in [2.75, 3.05) is 0 Å². The Bertz CT molecular complexity index is 667. The molecule has 0 unspecified atom stereocenters. The molecule has 3 N–H and O–H groups in total. The molecule has 1 atom stereocenters. The SMILES string of the molecule is Cc1c(O)cccc1C(=O)N[C@H](C(=O)O)c1ccccc1. The summed E-state index contributed by atoms with van der Waals surface area (Å²) in [5.41, 5.74) is 1.14. The van der Waals surface area contributed by atoms with E-state index in [0.29, 0.717) is 11.1 Å². The molecule has 0 heterocycles. The molecule has 0 aliphatic heterocycles. The lowest BCUT2D eigenvalue weighted by Gasteiger charge is -2.16. The van der Waals surface area contributed by atoms with Crippen molar-refractivity contribution >= 4 is 11.9 Å². The summed E-state index contributed by atoms with van der Waals surface area (Å²) in [5, 5.41) is 21.4. The van der Waals surface area contributed by atoms with Crippen LogP contribution in [0.15, 0.2) is 48.5 Å². The lowest BCUT2D eigenvalue weighted by molar-refractivity contribution is -0.139. The molecule has 2 rings (SSSR count). The minimum absolute atomic E-state index is 0.00534. The van der Waals surface area contributed by atoms with Crippen LogP contribution in [-0.4, -0.2) is 22.1 Å². The van der Waals surface area contributed by atoms with E-state index in [1.54, 1.807) is 37.3 Å². The van der Waals surface area contributed by atoms with Gasteiger partial charge in [0.1, 0.15) is 5.75 Å². The average Bonchev–Trinajstić information content (AvgIpc) is 2.48. The molecule has 0 aromatic heterocycles. The molecule has 0 radical (unpaired) electrons. The number of amides is 1. The Hall–Kier alpha value is -2.82. The first-order valence-electron chi connectivity index (χ1n) is 6.38. The first-order valence-corrected chi connectivity index (χ1v) is 6.38. The maximum Gasteiger partial charge on any atom is 0.330 e. The number of aromatic hydroxyl groups is 1. The van der Waals surface area contributed by atoms with Crippen LogP contribution in [0.4, 0.5) is 0 Å². The van der Waals surface area contributed by atoms with Crippen molar-refractivity contribution < 1.29 is 19.8 Å². The highest BCUT2D eigenvalue weighted by Gasteiger charge is 2.23. The van der Waals surface area contributed by atoms with Gasteiger partial charge in [0.05, 0.1) is 0 Å². The van der Waals surface area contributed by atoms with Gasteiger partial charge in [-0.15, -0.1) is 0 Å². The minimum Gasteiger partial charge on any atom is -0.508 e. The van der Waals surface area contributed by atoms with Gasteiger partial charge < -0.3 is 15.5 Å². The molecular weight excluding hydrogens is 270 g/mol. The highest BCUT2D eigenvalue weighted by Crippen LogP contribution is 2.21. The van der Waals surface area contributed by atoms with Crippen LogP contribution >= 0.6 is 0 Å². The zero-order valence-electron chi connectivity index (χ0n) is 11.4. The molecule has 0 aliphatic rings. The van der Waals surface area contributed by atoms with Gasteiger partial charge in [0.2, 0.25) is 0 Å². The molecule has 2 aromatic carbocycles. The van der Waals surface area contributed by atoms with Crippen LogP contribution in [0, 0.1) is 6.92 Å². The fourth-order valence-corrected chi connectivity index (χ4v) is 2.01. The van der Waals surface area contributed by atoms with E-state index in [0.717, 1.165) is 0 Å². The van der Waals surface area contributed by atoms with Gasteiger partial charge in [-0.05, 0) is 24.6 Å². The summed E-state index contributed by atoms with van der Waals surface area (Å²) < 4.78 is 0. The number of benzene rings is 2. The number of aliphatic carboxylic acids is 1. The molecule has 0 spiro atoms. The van der Waals surface area contributed by atoms with Crippen LogP contribution in [0.2, 0.25) is 0 Å². The van der Waals surface area contributed by atoms with Crippen LogP contribution in [-0.2, 0) is 4.79 Å². The molecular formula is C16H15NO4. The van der Waals surface area contributed by atoms with Crippen LogP contribution in [0.25, 0.3) is 0 Å². The Balaban J connectivity index is 2.28. The number of hydrogen-bond acceptors (Lipinski definition) is 3. The van der Waals surface area contributed by atoms with Crippen LogP contribution < -0.4 is 5.32 Å². The van der Waals surface area contributed by atoms with Crippen molar-refractivity contribution in [3.63, 3.8) is 0 Å². The number of carbonyl (C=O) groups is 2. The van der Waals surface area contributed by atoms with Gasteiger partial charge in [-0.25, -0.2) is 4.79 Å².